The summed E-state index contributed by atoms with van der Waals surface area (Å²) in [5, 5.41) is 0. The summed E-state index contributed by atoms with van der Waals surface area (Å²) in [6.07, 6.45) is 2.81. The largest absolute Gasteiger partial charge is 0.302 e. The molecule has 2 aliphatic heterocycles. The Kier molecular flexibility index (Phi) is 6.85. The molecule has 1 aromatic carbocycles. The van der Waals surface area contributed by atoms with Crippen molar-refractivity contribution in [2.24, 2.45) is 0 Å². The summed E-state index contributed by atoms with van der Waals surface area (Å²) in [4.78, 5) is 5.17. The van der Waals surface area contributed by atoms with Crippen LogP contribution in [0.25, 0.3) is 0 Å². The Hall–Kier alpha value is 0.1000. The Balaban J connectivity index is 0.000000810. The van der Waals surface area contributed by atoms with Crippen LogP contribution in [0.5, 0.6) is 0 Å². The Labute approximate surface area is 131 Å². The van der Waals surface area contributed by atoms with Gasteiger partial charge in [0.2, 0.25) is 0 Å². The van der Waals surface area contributed by atoms with Gasteiger partial charge in [-0.05, 0) is 37.1 Å². The monoisotopic (exact) mass is 376 g/mol. The molecule has 1 aromatic rings. The van der Waals surface area contributed by atoms with E-state index in [1.807, 2.05) is 0 Å². The fourth-order valence-electron chi connectivity index (χ4n) is 2.85. The first kappa shape index (κ1) is 16.2. The molecule has 0 radical (unpaired) electrons. The van der Waals surface area contributed by atoms with E-state index in [0.717, 1.165) is 13.1 Å². The van der Waals surface area contributed by atoms with E-state index in [1.54, 1.807) is 0 Å². The molecule has 0 aromatic heterocycles. The fourth-order valence-corrected chi connectivity index (χ4v) is 2.85. The third-order valence-corrected chi connectivity index (χ3v) is 3.84. The molecule has 1 fully saturated rings. The SMILES string of the molecule is Br.Br.c1ccc2c(c1)CN(CCN1CCCC1)C2. The van der Waals surface area contributed by atoms with Gasteiger partial charge in [0.05, 0.1) is 0 Å². The van der Waals surface area contributed by atoms with Crippen LogP contribution in [0.1, 0.15) is 24.0 Å². The van der Waals surface area contributed by atoms with Crippen molar-refractivity contribution in [2.75, 3.05) is 26.2 Å². The number of fused-ring (bicyclic) bond motifs is 1. The summed E-state index contributed by atoms with van der Waals surface area (Å²) in [5.41, 5.74) is 3.06. The lowest BCUT2D eigenvalue weighted by Crippen LogP contribution is -2.30. The summed E-state index contributed by atoms with van der Waals surface area (Å²) in [5.74, 6) is 0. The molecule has 0 aliphatic carbocycles. The lowest BCUT2D eigenvalue weighted by molar-refractivity contribution is 0.228. The van der Waals surface area contributed by atoms with Gasteiger partial charge in [-0.15, -0.1) is 34.0 Å². The number of hydrogen-bond acceptors (Lipinski definition) is 2. The smallest absolute Gasteiger partial charge is 0.0241 e. The van der Waals surface area contributed by atoms with E-state index in [2.05, 4.69) is 34.1 Å². The van der Waals surface area contributed by atoms with Gasteiger partial charge in [0.1, 0.15) is 0 Å². The van der Waals surface area contributed by atoms with Crippen molar-refractivity contribution < 1.29 is 0 Å². The maximum atomic E-state index is 2.60. The highest BCUT2D eigenvalue weighted by Gasteiger charge is 2.19. The van der Waals surface area contributed by atoms with E-state index < -0.39 is 0 Å². The predicted octanol–water partition coefficient (Wildman–Crippen LogP) is 3.25. The Morgan fingerprint density at radius 1 is 0.778 bits per heavy atom. The van der Waals surface area contributed by atoms with Crippen molar-refractivity contribution in [3.05, 3.63) is 35.4 Å². The maximum absolute atomic E-state index is 2.60. The third kappa shape index (κ3) is 3.80. The number of halogens is 2. The molecule has 2 heterocycles. The first-order chi connectivity index (χ1) is 7.92. The van der Waals surface area contributed by atoms with Crippen LogP contribution in [-0.4, -0.2) is 36.0 Å². The minimum Gasteiger partial charge on any atom is -0.302 e. The highest BCUT2D eigenvalue weighted by atomic mass is 79.9. The number of rotatable bonds is 3. The molecule has 0 amide bonds. The van der Waals surface area contributed by atoms with Gasteiger partial charge < -0.3 is 4.90 Å². The molecule has 0 saturated carbocycles. The van der Waals surface area contributed by atoms with Gasteiger partial charge in [-0.3, -0.25) is 4.90 Å². The zero-order chi connectivity index (χ0) is 10.8. The predicted molar refractivity (Wildman–Crippen MR) is 86.9 cm³/mol. The van der Waals surface area contributed by atoms with Crippen LogP contribution < -0.4 is 0 Å². The van der Waals surface area contributed by atoms with Crippen molar-refractivity contribution in [1.82, 2.24) is 9.80 Å². The number of hydrogen-bond donors (Lipinski definition) is 0. The van der Waals surface area contributed by atoms with Gasteiger partial charge in [-0.2, -0.15) is 0 Å². The minimum absolute atomic E-state index is 0. The van der Waals surface area contributed by atoms with Gasteiger partial charge in [0, 0.05) is 26.2 Å². The highest BCUT2D eigenvalue weighted by molar-refractivity contribution is 8.93. The average Bonchev–Trinajstić information content (AvgIpc) is 2.95. The lowest BCUT2D eigenvalue weighted by Gasteiger charge is -2.20. The van der Waals surface area contributed by atoms with E-state index in [-0.39, 0.29) is 34.0 Å². The van der Waals surface area contributed by atoms with Crippen LogP contribution in [-0.2, 0) is 13.1 Å². The zero-order valence-electron chi connectivity index (χ0n) is 10.7. The molecule has 0 bridgehead atoms. The maximum Gasteiger partial charge on any atom is 0.0241 e. The molecular weight excluding hydrogens is 356 g/mol. The Bertz CT molecular complexity index is 340. The van der Waals surface area contributed by atoms with Gasteiger partial charge >= 0.3 is 0 Å². The molecule has 102 valence electrons. The summed E-state index contributed by atoms with van der Waals surface area (Å²) in [7, 11) is 0. The van der Waals surface area contributed by atoms with Crippen LogP contribution in [0.4, 0.5) is 0 Å². The van der Waals surface area contributed by atoms with Crippen LogP contribution >= 0.6 is 34.0 Å². The Morgan fingerprint density at radius 2 is 1.28 bits per heavy atom. The molecule has 2 aliphatic rings. The molecule has 0 spiro atoms. The van der Waals surface area contributed by atoms with Crippen LogP contribution in [0.15, 0.2) is 24.3 Å². The van der Waals surface area contributed by atoms with Gasteiger partial charge in [-0.1, -0.05) is 24.3 Å². The topological polar surface area (TPSA) is 6.48 Å². The summed E-state index contributed by atoms with van der Waals surface area (Å²) in [6.45, 7) is 7.44. The molecule has 0 atom stereocenters. The second kappa shape index (κ2) is 7.63. The molecule has 3 rings (SSSR count). The molecule has 0 N–H and O–H groups in total. The van der Waals surface area contributed by atoms with Crippen LogP contribution in [0.3, 0.4) is 0 Å². The summed E-state index contributed by atoms with van der Waals surface area (Å²) < 4.78 is 0. The number of nitrogens with zero attached hydrogens (tertiary/aromatic N) is 2. The first-order valence-corrected chi connectivity index (χ1v) is 6.43. The number of likely N-dealkylation sites (tertiary alicyclic amines) is 1. The van der Waals surface area contributed by atoms with E-state index in [4.69, 9.17) is 0 Å². The van der Waals surface area contributed by atoms with Crippen molar-refractivity contribution in [1.29, 1.82) is 0 Å². The Morgan fingerprint density at radius 3 is 1.83 bits per heavy atom. The molecule has 2 nitrogen and oxygen atoms in total. The van der Waals surface area contributed by atoms with Crippen molar-refractivity contribution in [3.63, 3.8) is 0 Å². The highest BCUT2D eigenvalue weighted by Crippen LogP contribution is 2.21. The second-order valence-electron chi connectivity index (χ2n) is 5.03. The van der Waals surface area contributed by atoms with Crippen molar-refractivity contribution >= 4 is 34.0 Å². The summed E-state index contributed by atoms with van der Waals surface area (Å²) in [6, 6.07) is 8.85. The molecule has 0 unspecified atom stereocenters. The second-order valence-corrected chi connectivity index (χ2v) is 5.03. The molecule has 1 saturated heterocycles. The zero-order valence-corrected chi connectivity index (χ0v) is 14.1. The number of benzene rings is 1. The molecule has 18 heavy (non-hydrogen) atoms. The van der Waals surface area contributed by atoms with E-state index in [1.165, 1.54) is 50.1 Å². The van der Waals surface area contributed by atoms with Crippen molar-refractivity contribution in [2.45, 2.75) is 25.9 Å². The van der Waals surface area contributed by atoms with Crippen molar-refractivity contribution in [3.8, 4) is 0 Å². The fraction of sp³-hybridized carbons (Fsp3) is 0.571. The first-order valence-electron chi connectivity index (χ1n) is 6.43. The lowest BCUT2D eigenvalue weighted by atomic mass is 10.1. The van der Waals surface area contributed by atoms with E-state index >= 15 is 0 Å². The van der Waals surface area contributed by atoms with Gasteiger partial charge in [0.25, 0.3) is 0 Å². The quantitative estimate of drug-likeness (QED) is 0.797. The van der Waals surface area contributed by atoms with E-state index in [0.29, 0.717) is 0 Å². The average molecular weight is 378 g/mol. The molecular formula is C14H22Br2N2. The van der Waals surface area contributed by atoms with Crippen LogP contribution in [0.2, 0.25) is 0 Å². The third-order valence-electron chi connectivity index (χ3n) is 3.84. The van der Waals surface area contributed by atoms with Gasteiger partial charge in [0.15, 0.2) is 0 Å². The summed E-state index contributed by atoms with van der Waals surface area (Å²) >= 11 is 0. The normalized spacial score (nSPS) is 19.1. The van der Waals surface area contributed by atoms with Gasteiger partial charge in [-0.25, -0.2) is 0 Å². The van der Waals surface area contributed by atoms with Crippen LogP contribution in [0, 0.1) is 0 Å². The molecule has 4 heteroatoms. The standard InChI is InChI=1S/C14H20N2.2BrH/c1-2-6-14-12-16(11-13(14)5-1)10-9-15-7-3-4-8-15;;/h1-2,5-6H,3-4,7-12H2;2*1H. The van der Waals surface area contributed by atoms with E-state index in [9.17, 15) is 0 Å². The minimum atomic E-state index is 0.